The third kappa shape index (κ3) is 3.55. The van der Waals surface area contributed by atoms with Crippen LogP contribution in [0.25, 0.3) is 0 Å². The van der Waals surface area contributed by atoms with Gasteiger partial charge in [0.1, 0.15) is 0 Å². The molecule has 20 heavy (non-hydrogen) atoms. The number of nitrogens with one attached hydrogen (secondary N) is 2. The van der Waals surface area contributed by atoms with Crippen LogP contribution in [0.15, 0.2) is 42.7 Å². The van der Waals surface area contributed by atoms with Crippen molar-refractivity contribution in [1.82, 2.24) is 4.98 Å². The van der Waals surface area contributed by atoms with E-state index in [2.05, 4.69) is 15.6 Å². The number of rotatable bonds is 4. The van der Waals surface area contributed by atoms with Crippen LogP contribution in [0.5, 0.6) is 0 Å². The predicted molar refractivity (Wildman–Crippen MR) is 75.2 cm³/mol. The van der Waals surface area contributed by atoms with Crippen LogP contribution < -0.4 is 10.6 Å². The average molecular weight is 271 g/mol. The Morgan fingerprint density at radius 2 is 1.85 bits per heavy atom. The van der Waals surface area contributed by atoms with E-state index >= 15 is 0 Å². The van der Waals surface area contributed by atoms with Gasteiger partial charge in [-0.3, -0.25) is 9.78 Å². The van der Waals surface area contributed by atoms with Crippen LogP contribution in [0.2, 0.25) is 0 Å². The first-order valence-electron chi connectivity index (χ1n) is 5.87. The fourth-order valence-corrected chi connectivity index (χ4v) is 1.67. The summed E-state index contributed by atoms with van der Waals surface area (Å²) >= 11 is 0. The normalized spacial score (nSPS) is 9.85. The zero-order chi connectivity index (χ0) is 14.5. The number of pyridine rings is 1. The van der Waals surface area contributed by atoms with Crippen LogP contribution in [0.1, 0.15) is 17.3 Å². The highest BCUT2D eigenvalue weighted by molar-refractivity contribution is 5.90. The van der Waals surface area contributed by atoms with Gasteiger partial charge in [0.25, 0.3) is 0 Å². The number of aromatic nitrogens is 1. The predicted octanol–water partition coefficient (Wildman–Crippen LogP) is 2.48. The number of carbonyl (C=O) groups is 2. The highest BCUT2D eigenvalue weighted by Crippen LogP contribution is 2.20. The van der Waals surface area contributed by atoms with Crippen molar-refractivity contribution in [3.05, 3.63) is 48.3 Å². The minimum Gasteiger partial charge on any atom is -0.478 e. The molecular weight excluding hydrogens is 258 g/mol. The monoisotopic (exact) mass is 271 g/mol. The van der Waals surface area contributed by atoms with Gasteiger partial charge in [0.2, 0.25) is 5.91 Å². The zero-order valence-electron chi connectivity index (χ0n) is 10.8. The lowest BCUT2D eigenvalue weighted by atomic mass is 10.2. The summed E-state index contributed by atoms with van der Waals surface area (Å²) < 4.78 is 0. The van der Waals surface area contributed by atoms with Crippen LogP contribution in [0.3, 0.4) is 0 Å². The summed E-state index contributed by atoms with van der Waals surface area (Å²) in [5.41, 5.74) is 2.04. The van der Waals surface area contributed by atoms with E-state index in [4.69, 9.17) is 5.11 Å². The molecule has 6 nitrogen and oxygen atoms in total. The Morgan fingerprint density at radius 3 is 2.55 bits per heavy atom. The summed E-state index contributed by atoms with van der Waals surface area (Å²) in [6.45, 7) is 1.43. The van der Waals surface area contributed by atoms with Gasteiger partial charge in [-0.25, -0.2) is 4.79 Å². The molecule has 0 aliphatic carbocycles. The van der Waals surface area contributed by atoms with Gasteiger partial charge < -0.3 is 15.7 Å². The maximum Gasteiger partial charge on any atom is 0.337 e. The van der Waals surface area contributed by atoms with E-state index in [0.29, 0.717) is 11.4 Å². The minimum absolute atomic E-state index is 0.105. The Kier molecular flexibility index (Phi) is 3.95. The average Bonchev–Trinajstić information content (AvgIpc) is 2.38. The molecule has 102 valence electrons. The quantitative estimate of drug-likeness (QED) is 0.794. The third-order valence-electron chi connectivity index (χ3n) is 2.46. The number of hydrogen-bond acceptors (Lipinski definition) is 4. The number of hydrogen-bond donors (Lipinski definition) is 3. The van der Waals surface area contributed by atoms with Gasteiger partial charge in [-0.15, -0.1) is 0 Å². The highest BCUT2D eigenvalue weighted by Gasteiger charge is 2.04. The number of amides is 1. The topological polar surface area (TPSA) is 91.3 Å². The molecule has 0 saturated heterocycles. The minimum atomic E-state index is -1.03. The van der Waals surface area contributed by atoms with Crippen molar-refractivity contribution in [2.75, 3.05) is 10.6 Å². The first kappa shape index (κ1) is 13.5. The lowest BCUT2D eigenvalue weighted by Gasteiger charge is -2.09. The molecule has 0 fully saturated rings. The maximum absolute atomic E-state index is 11.0. The summed E-state index contributed by atoms with van der Waals surface area (Å²) in [5, 5.41) is 14.6. The number of carboxylic acids is 1. The van der Waals surface area contributed by atoms with Gasteiger partial charge in [-0.2, -0.15) is 0 Å². The van der Waals surface area contributed by atoms with E-state index < -0.39 is 5.97 Å². The molecule has 6 heteroatoms. The van der Waals surface area contributed by atoms with Crippen molar-refractivity contribution in [3.63, 3.8) is 0 Å². The first-order chi connectivity index (χ1) is 9.54. The highest BCUT2D eigenvalue weighted by atomic mass is 16.4. The smallest absolute Gasteiger partial charge is 0.337 e. The van der Waals surface area contributed by atoms with E-state index in [-0.39, 0.29) is 11.5 Å². The molecule has 0 unspecified atom stereocenters. The van der Waals surface area contributed by atoms with Gasteiger partial charge in [-0.1, -0.05) is 6.07 Å². The van der Waals surface area contributed by atoms with Crippen molar-refractivity contribution in [3.8, 4) is 0 Å². The summed E-state index contributed by atoms with van der Waals surface area (Å²) in [6.07, 6.45) is 2.80. The molecule has 0 spiro atoms. The molecule has 0 radical (unpaired) electrons. The van der Waals surface area contributed by atoms with Crippen molar-refractivity contribution < 1.29 is 14.7 Å². The number of anilines is 3. The summed E-state index contributed by atoms with van der Waals surface area (Å²) in [5.74, 6) is -1.19. The molecule has 1 amide bonds. The lowest BCUT2D eigenvalue weighted by molar-refractivity contribution is -0.114. The Labute approximate surface area is 115 Å². The van der Waals surface area contributed by atoms with Crippen molar-refractivity contribution in [2.45, 2.75) is 6.92 Å². The molecular formula is C14H13N3O3. The van der Waals surface area contributed by atoms with Crippen molar-refractivity contribution in [2.24, 2.45) is 0 Å². The van der Waals surface area contributed by atoms with Crippen molar-refractivity contribution >= 4 is 28.9 Å². The number of carboxylic acid groups (broad SMARTS) is 1. The van der Waals surface area contributed by atoms with E-state index in [9.17, 15) is 9.59 Å². The molecule has 1 aromatic heterocycles. The van der Waals surface area contributed by atoms with Crippen LogP contribution in [-0.4, -0.2) is 22.0 Å². The second-order valence-electron chi connectivity index (χ2n) is 4.15. The van der Waals surface area contributed by atoms with Crippen LogP contribution in [0, 0.1) is 0 Å². The molecule has 0 saturated carbocycles. The van der Waals surface area contributed by atoms with Gasteiger partial charge in [-0.05, 0) is 24.3 Å². The summed E-state index contributed by atoms with van der Waals surface area (Å²) in [6, 6.07) is 8.58. The second kappa shape index (κ2) is 5.83. The van der Waals surface area contributed by atoms with E-state index in [0.717, 1.165) is 5.69 Å². The maximum atomic E-state index is 11.0. The SMILES string of the molecule is CC(=O)Nc1cccc(Nc2cncc(C(=O)O)c2)c1. The molecule has 1 aromatic carbocycles. The Bertz CT molecular complexity index is 656. The van der Waals surface area contributed by atoms with E-state index in [1.54, 1.807) is 24.3 Å². The molecule has 3 N–H and O–H groups in total. The van der Waals surface area contributed by atoms with Gasteiger partial charge in [0, 0.05) is 24.5 Å². The summed E-state index contributed by atoms with van der Waals surface area (Å²) in [4.78, 5) is 25.7. The molecule has 1 heterocycles. The molecule has 0 bridgehead atoms. The van der Waals surface area contributed by atoms with Gasteiger partial charge in [0.15, 0.2) is 0 Å². The molecule has 0 atom stereocenters. The summed E-state index contributed by atoms with van der Waals surface area (Å²) in [7, 11) is 0. The molecule has 0 aliphatic heterocycles. The fraction of sp³-hybridized carbons (Fsp3) is 0.0714. The fourth-order valence-electron chi connectivity index (χ4n) is 1.67. The van der Waals surface area contributed by atoms with Crippen LogP contribution in [-0.2, 0) is 4.79 Å². The van der Waals surface area contributed by atoms with E-state index in [1.807, 2.05) is 0 Å². The Morgan fingerprint density at radius 1 is 1.10 bits per heavy atom. The molecule has 2 rings (SSSR count). The zero-order valence-corrected chi connectivity index (χ0v) is 10.8. The molecule has 0 aliphatic rings. The van der Waals surface area contributed by atoms with E-state index in [1.165, 1.54) is 25.4 Å². The standard InChI is InChI=1S/C14H13N3O3/c1-9(18)16-11-3-2-4-12(6-11)17-13-5-10(14(19)20)7-15-8-13/h2-8,17H,1H3,(H,16,18)(H,19,20). The molecule has 2 aromatic rings. The largest absolute Gasteiger partial charge is 0.478 e. The second-order valence-corrected chi connectivity index (χ2v) is 4.15. The first-order valence-corrected chi connectivity index (χ1v) is 5.87. The number of carbonyl (C=O) groups excluding carboxylic acids is 1. The Balaban J connectivity index is 2.19. The number of benzene rings is 1. The number of nitrogens with zero attached hydrogens (tertiary/aromatic N) is 1. The lowest BCUT2D eigenvalue weighted by Crippen LogP contribution is -2.05. The Hall–Kier alpha value is -2.89. The van der Waals surface area contributed by atoms with Gasteiger partial charge in [0.05, 0.1) is 17.4 Å². The third-order valence-corrected chi connectivity index (χ3v) is 2.46. The van der Waals surface area contributed by atoms with Crippen LogP contribution in [0.4, 0.5) is 17.1 Å². The number of aromatic carboxylic acids is 1. The van der Waals surface area contributed by atoms with Gasteiger partial charge >= 0.3 is 5.97 Å². The van der Waals surface area contributed by atoms with Crippen LogP contribution >= 0.6 is 0 Å². The van der Waals surface area contributed by atoms with Crippen molar-refractivity contribution in [1.29, 1.82) is 0 Å².